The van der Waals surface area contributed by atoms with Crippen LogP contribution in [-0.4, -0.2) is 28.7 Å². The van der Waals surface area contributed by atoms with Crippen LogP contribution in [0.15, 0.2) is 60.3 Å². The highest BCUT2D eigenvalue weighted by Crippen LogP contribution is 2.15. The Morgan fingerprint density at radius 3 is 2.36 bits per heavy atom. The van der Waals surface area contributed by atoms with Gasteiger partial charge in [-0.05, 0) is 30.7 Å². The Morgan fingerprint density at radius 1 is 1.07 bits per heavy atom. The number of nitro benzene ring substituents is 1. The van der Waals surface area contributed by atoms with Crippen molar-refractivity contribution < 1.29 is 24.4 Å². The number of carboxylic acids is 1. The third kappa shape index (κ3) is 5.49. The molecule has 2 amide bonds. The van der Waals surface area contributed by atoms with Gasteiger partial charge >= 0.3 is 0 Å². The van der Waals surface area contributed by atoms with Gasteiger partial charge in [-0.25, -0.2) is 0 Å². The van der Waals surface area contributed by atoms with Crippen molar-refractivity contribution in [3.8, 4) is 0 Å². The van der Waals surface area contributed by atoms with Crippen LogP contribution in [-0.2, 0) is 9.59 Å². The van der Waals surface area contributed by atoms with E-state index in [1.807, 2.05) is 0 Å². The average molecular weight is 382 g/mol. The van der Waals surface area contributed by atoms with E-state index in [2.05, 4.69) is 10.6 Å². The van der Waals surface area contributed by atoms with E-state index in [1.54, 1.807) is 18.2 Å². The van der Waals surface area contributed by atoms with E-state index < -0.39 is 28.7 Å². The molecule has 0 aromatic heterocycles. The standard InChI is InChI=1S/C19H17N3O6/c1-12(19(25)26)20-18(24)16(21-17(23)14-7-3-2-4-8-14)11-13-6-5-9-15(10-13)22(27)28/h2-12H,1H3,(H,20,24)(H,21,23)(H,25,26)/p-1/b16-11-/t12-/m0/s1. The minimum Gasteiger partial charge on any atom is -0.548 e. The molecule has 0 bridgehead atoms. The first-order chi connectivity index (χ1) is 13.3. The third-order valence-electron chi connectivity index (χ3n) is 3.62. The maximum atomic E-state index is 12.4. The molecular weight excluding hydrogens is 366 g/mol. The van der Waals surface area contributed by atoms with Crippen LogP contribution in [0.4, 0.5) is 5.69 Å². The molecule has 1 atom stereocenters. The van der Waals surface area contributed by atoms with Gasteiger partial charge in [0.15, 0.2) is 0 Å². The SMILES string of the molecule is C[C@H](NC(=O)/C(=C/c1cccc([N+](=O)[O-])c1)NC(=O)c1ccccc1)C(=O)[O-]. The first-order valence-corrected chi connectivity index (χ1v) is 8.12. The van der Waals surface area contributed by atoms with Gasteiger partial charge in [-0.15, -0.1) is 0 Å². The van der Waals surface area contributed by atoms with Crippen molar-refractivity contribution >= 4 is 29.5 Å². The molecule has 2 aromatic carbocycles. The van der Waals surface area contributed by atoms with Crippen LogP contribution in [0.2, 0.25) is 0 Å². The number of carbonyl (C=O) groups is 3. The fraction of sp³-hybridized carbons (Fsp3) is 0.105. The van der Waals surface area contributed by atoms with Gasteiger partial charge < -0.3 is 20.5 Å². The highest BCUT2D eigenvalue weighted by Gasteiger charge is 2.17. The Bertz CT molecular complexity index is 940. The van der Waals surface area contributed by atoms with Gasteiger partial charge in [0.05, 0.1) is 16.9 Å². The predicted octanol–water partition coefficient (Wildman–Crippen LogP) is 0.620. The molecular formula is C19H16N3O6-. The Labute approximate surface area is 159 Å². The summed E-state index contributed by atoms with van der Waals surface area (Å²) < 4.78 is 0. The third-order valence-corrected chi connectivity index (χ3v) is 3.62. The largest absolute Gasteiger partial charge is 0.548 e. The average Bonchev–Trinajstić information content (AvgIpc) is 2.68. The summed E-state index contributed by atoms with van der Waals surface area (Å²) in [7, 11) is 0. The highest BCUT2D eigenvalue weighted by molar-refractivity contribution is 6.06. The zero-order valence-electron chi connectivity index (χ0n) is 14.7. The van der Waals surface area contributed by atoms with Gasteiger partial charge in [0.1, 0.15) is 5.70 Å². The van der Waals surface area contributed by atoms with E-state index >= 15 is 0 Å². The maximum absolute atomic E-state index is 12.4. The molecule has 9 nitrogen and oxygen atoms in total. The van der Waals surface area contributed by atoms with Crippen molar-refractivity contribution in [1.29, 1.82) is 0 Å². The monoisotopic (exact) mass is 382 g/mol. The Morgan fingerprint density at radius 2 is 1.75 bits per heavy atom. The van der Waals surface area contributed by atoms with Crippen LogP contribution >= 0.6 is 0 Å². The fourth-order valence-corrected chi connectivity index (χ4v) is 2.17. The number of amides is 2. The Balaban J connectivity index is 2.36. The van der Waals surface area contributed by atoms with Crippen molar-refractivity contribution in [1.82, 2.24) is 10.6 Å². The summed E-state index contributed by atoms with van der Waals surface area (Å²) >= 11 is 0. The van der Waals surface area contributed by atoms with E-state index in [4.69, 9.17) is 0 Å². The first-order valence-electron chi connectivity index (χ1n) is 8.12. The summed E-state index contributed by atoms with van der Waals surface area (Å²) in [4.78, 5) is 46.0. The number of nitrogens with zero attached hydrogens (tertiary/aromatic N) is 1. The van der Waals surface area contributed by atoms with Gasteiger partial charge in [-0.3, -0.25) is 19.7 Å². The van der Waals surface area contributed by atoms with E-state index in [0.717, 1.165) is 0 Å². The molecule has 0 radical (unpaired) electrons. The Kier molecular flexibility index (Phi) is 6.58. The second-order valence-corrected chi connectivity index (χ2v) is 5.74. The number of carbonyl (C=O) groups excluding carboxylic acids is 3. The number of carboxylic acid groups (broad SMARTS) is 1. The lowest BCUT2D eigenvalue weighted by atomic mass is 10.1. The van der Waals surface area contributed by atoms with E-state index in [1.165, 1.54) is 49.4 Å². The van der Waals surface area contributed by atoms with Crippen LogP contribution in [0.25, 0.3) is 6.08 Å². The molecule has 28 heavy (non-hydrogen) atoms. The number of nitro groups is 1. The predicted molar refractivity (Wildman–Crippen MR) is 97.6 cm³/mol. The summed E-state index contributed by atoms with van der Waals surface area (Å²) in [5.74, 6) is -2.99. The number of nitrogens with one attached hydrogen (secondary N) is 2. The number of hydrogen-bond donors (Lipinski definition) is 2. The number of aliphatic carboxylic acids is 1. The van der Waals surface area contributed by atoms with Crippen molar-refractivity contribution in [2.24, 2.45) is 0 Å². The topological polar surface area (TPSA) is 141 Å². The summed E-state index contributed by atoms with van der Waals surface area (Å²) in [6.07, 6.45) is 1.21. The lowest BCUT2D eigenvalue weighted by Crippen LogP contribution is -2.48. The highest BCUT2D eigenvalue weighted by atomic mass is 16.6. The summed E-state index contributed by atoms with van der Waals surface area (Å²) in [5.41, 5.74) is 0.0652. The van der Waals surface area contributed by atoms with E-state index in [-0.39, 0.29) is 22.5 Å². The molecule has 2 aromatic rings. The molecule has 0 fully saturated rings. The minimum absolute atomic E-state index is 0.203. The van der Waals surface area contributed by atoms with Gasteiger partial charge in [0, 0.05) is 17.7 Å². The van der Waals surface area contributed by atoms with Gasteiger partial charge in [0.25, 0.3) is 17.5 Å². The second kappa shape index (κ2) is 9.08. The zero-order chi connectivity index (χ0) is 20.7. The van der Waals surface area contributed by atoms with E-state index in [9.17, 15) is 29.6 Å². The van der Waals surface area contributed by atoms with Crippen LogP contribution in [0.3, 0.4) is 0 Å². The molecule has 2 N–H and O–H groups in total. The quantitative estimate of drug-likeness (QED) is 0.408. The van der Waals surface area contributed by atoms with Gasteiger partial charge in [-0.1, -0.05) is 30.3 Å². The molecule has 9 heteroatoms. The number of non-ortho nitro benzene ring substituents is 1. The molecule has 0 saturated heterocycles. The lowest BCUT2D eigenvalue weighted by molar-refractivity contribution is -0.384. The molecule has 0 aliphatic carbocycles. The number of hydrogen-bond acceptors (Lipinski definition) is 6. The van der Waals surface area contributed by atoms with E-state index in [0.29, 0.717) is 0 Å². The first kappa shape index (κ1) is 20.3. The lowest BCUT2D eigenvalue weighted by Gasteiger charge is -2.17. The minimum atomic E-state index is -1.50. The molecule has 0 heterocycles. The van der Waals surface area contributed by atoms with Crippen molar-refractivity contribution in [2.75, 3.05) is 0 Å². The van der Waals surface area contributed by atoms with Crippen LogP contribution in [0.5, 0.6) is 0 Å². The summed E-state index contributed by atoms with van der Waals surface area (Å²) in [6, 6.07) is 12.1. The normalized spacial score (nSPS) is 12.0. The smallest absolute Gasteiger partial charge is 0.270 e. The van der Waals surface area contributed by atoms with Crippen molar-refractivity contribution in [2.45, 2.75) is 13.0 Å². The van der Waals surface area contributed by atoms with Crippen LogP contribution < -0.4 is 15.7 Å². The van der Waals surface area contributed by atoms with Crippen molar-refractivity contribution in [3.63, 3.8) is 0 Å². The number of benzene rings is 2. The van der Waals surface area contributed by atoms with Crippen LogP contribution in [0, 0.1) is 10.1 Å². The maximum Gasteiger partial charge on any atom is 0.270 e. The summed E-state index contributed by atoms with van der Waals surface area (Å²) in [6.45, 7) is 1.21. The van der Waals surface area contributed by atoms with Crippen LogP contribution in [0.1, 0.15) is 22.8 Å². The molecule has 0 saturated carbocycles. The summed E-state index contributed by atoms with van der Waals surface area (Å²) in [5, 5.41) is 26.4. The molecule has 0 aliphatic heterocycles. The molecule has 144 valence electrons. The fourth-order valence-electron chi connectivity index (χ4n) is 2.17. The Hall–Kier alpha value is -4.01. The molecule has 0 spiro atoms. The molecule has 2 rings (SSSR count). The number of rotatable bonds is 7. The van der Waals surface area contributed by atoms with Crippen molar-refractivity contribution in [3.05, 3.63) is 81.5 Å². The molecule has 0 aliphatic rings. The van der Waals surface area contributed by atoms with Gasteiger partial charge in [-0.2, -0.15) is 0 Å². The second-order valence-electron chi connectivity index (χ2n) is 5.74. The molecule has 0 unspecified atom stereocenters. The zero-order valence-corrected chi connectivity index (χ0v) is 14.7. The van der Waals surface area contributed by atoms with Gasteiger partial charge in [0.2, 0.25) is 0 Å².